The molecule has 2 aromatic rings. The maximum absolute atomic E-state index is 12.3. The summed E-state index contributed by atoms with van der Waals surface area (Å²) in [6.45, 7) is 4.80. The van der Waals surface area contributed by atoms with Crippen molar-refractivity contribution in [3.05, 3.63) is 65.7 Å². The zero-order valence-corrected chi connectivity index (χ0v) is 15.0. The highest BCUT2D eigenvalue weighted by atomic mass is 32.2. The number of rotatable bonds is 6. The van der Waals surface area contributed by atoms with Crippen LogP contribution in [0.3, 0.4) is 0 Å². The fraction of sp³-hybridized carbons (Fsp3) is 0.316. The fourth-order valence-electron chi connectivity index (χ4n) is 2.60. The average molecular weight is 345 g/mol. The van der Waals surface area contributed by atoms with Crippen LogP contribution in [-0.2, 0) is 9.84 Å². The van der Waals surface area contributed by atoms with E-state index in [-0.39, 0.29) is 16.7 Å². The molecule has 0 heterocycles. The van der Waals surface area contributed by atoms with Crippen LogP contribution in [0.5, 0.6) is 0 Å². The molecule has 24 heavy (non-hydrogen) atoms. The molecule has 0 bridgehead atoms. The molecule has 0 spiro atoms. The Kier molecular flexibility index (Phi) is 5.78. The van der Waals surface area contributed by atoms with E-state index in [9.17, 15) is 13.2 Å². The van der Waals surface area contributed by atoms with Crippen LogP contribution in [0.2, 0.25) is 0 Å². The van der Waals surface area contributed by atoms with Gasteiger partial charge in [0.05, 0.1) is 4.90 Å². The Balaban J connectivity index is 2.06. The molecule has 0 radical (unpaired) electrons. The van der Waals surface area contributed by atoms with Crippen LogP contribution < -0.4 is 5.32 Å². The van der Waals surface area contributed by atoms with Crippen LogP contribution in [0.15, 0.2) is 59.5 Å². The van der Waals surface area contributed by atoms with Crippen molar-refractivity contribution in [3.63, 3.8) is 0 Å². The van der Waals surface area contributed by atoms with E-state index in [1.165, 1.54) is 17.7 Å². The molecule has 2 aromatic carbocycles. The lowest BCUT2D eigenvalue weighted by Crippen LogP contribution is -2.30. The molecule has 2 rings (SSSR count). The fourth-order valence-corrected chi connectivity index (χ4v) is 3.23. The predicted molar refractivity (Wildman–Crippen MR) is 95.9 cm³/mol. The molecule has 0 aliphatic carbocycles. The molecule has 0 aliphatic rings. The van der Waals surface area contributed by atoms with Crippen molar-refractivity contribution in [3.8, 4) is 0 Å². The number of nitrogens with one attached hydrogen (secondary N) is 1. The molecule has 0 aliphatic heterocycles. The molecule has 1 N–H and O–H groups in total. The molecule has 5 heteroatoms. The van der Waals surface area contributed by atoms with Crippen molar-refractivity contribution in [1.82, 2.24) is 5.32 Å². The number of hydrogen-bond acceptors (Lipinski definition) is 3. The Morgan fingerprint density at radius 2 is 1.58 bits per heavy atom. The zero-order valence-electron chi connectivity index (χ0n) is 14.2. The number of sulfone groups is 1. The maximum Gasteiger partial charge on any atom is 0.251 e. The van der Waals surface area contributed by atoms with E-state index in [2.05, 4.69) is 31.3 Å². The topological polar surface area (TPSA) is 63.2 Å². The Labute approximate surface area is 143 Å². The maximum atomic E-state index is 12.3. The summed E-state index contributed by atoms with van der Waals surface area (Å²) in [6.07, 6.45) is 1.15. The van der Waals surface area contributed by atoms with Gasteiger partial charge in [-0.25, -0.2) is 8.42 Å². The minimum atomic E-state index is -3.25. The Morgan fingerprint density at radius 3 is 2.08 bits per heavy atom. The highest BCUT2D eigenvalue weighted by Crippen LogP contribution is 2.23. The molecule has 0 saturated heterocycles. The van der Waals surface area contributed by atoms with Gasteiger partial charge in [-0.15, -0.1) is 0 Å². The first-order valence-corrected chi connectivity index (χ1v) is 9.81. The Hall–Kier alpha value is -2.14. The summed E-state index contributed by atoms with van der Waals surface area (Å²) < 4.78 is 22.9. The lowest BCUT2D eigenvalue weighted by Gasteiger charge is -2.22. The van der Waals surface area contributed by atoms with Gasteiger partial charge < -0.3 is 5.32 Å². The lowest BCUT2D eigenvalue weighted by atomic mass is 9.88. The van der Waals surface area contributed by atoms with Gasteiger partial charge in [-0.1, -0.05) is 44.2 Å². The first-order valence-electron chi connectivity index (χ1n) is 7.92. The van der Waals surface area contributed by atoms with Crippen molar-refractivity contribution in [2.45, 2.75) is 24.7 Å². The van der Waals surface area contributed by atoms with Crippen LogP contribution in [0.25, 0.3) is 0 Å². The van der Waals surface area contributed by atoms with Crippen LogP contribution in [-0.4, -0.2) is 27.1 Å². The van der Waals surface area contributed by atoms with Gasteiger partial charge in [0.2, 0.25) is 0 Å². The second kappa shape index (κ2) is 7.62. The number of carbonyl (C=O) groups excluding carboxylic acids is 1. The van der Waals surface area contributed by atoms with Gasteiger partial charge >= 0.3 is 0 Å². The third-order valence-corrected chi connectivity index (χ3v) is 5.19. The first-order chi connectivity index (χ1) is 11.3. The van der Waals surface area contributed by atoms with E-state index in [0.717, 1.165) is 6.26 Å². The van der Waals surface area contributed by atoms with Gasteiger partial charge in [0.1, 0.15) is 0 Å². The summed E-state index contributed by atoms with van der Waals surface area (Å²) >= 11 is 0. The highest BCUT2D eigenvalue weighted by molar-refractivity contribution is 7.90. The molecule has 1 amide bonds. The van der Waals surface area contributed by atoms with E-state index in [1.807, 2.05) is 18.2 Å². The third-order valence-electron chi connectivity index (χ3n) is 4.06. The van der Waals surface area contributed by atoms with Crippen LogP contribution in [0.4, 0.5) is 0 Å². The first kappa shape index (κ1) is 18.2. The molecular weight excluding hydrogens is 322 g/mol. The van der Waals surface area contributed by atoms with Crippen molar-refractivity contribution in [1.29, 1.82) is 0 Å². The number of amides is 1. The SMILES string of the molecule is CC(C)C(CNC(=O)c1ccc(S(C)(=O)=O)cc1)c1ccccc1. The molecule has 0 aromatic heterocycles. The predicted octanol–water partition coefficient (Wildman–Crippen LogP) is 3.26. The monoisotopic (exact) mass is 345 g/mol. The van der Waals surface area contributed by atoms with Crippen molar-refractivity contribution in [2.24, 2.45) is 5.92 Å². The van der Waals surface area contributed by atoms with Gasteiger partial charge in [-0.2, -0.15) is 0 Å². The second-order valence-electron chi connectivity index (χ2n) is 6.27. The molecule has 0 saturated carbocycles. The van der Waals surface area contributed by atoms with Gasteiger partial charge in [-0.3, -0.25) is 4.79 Å². The van der Waals surface area contributed by atoms with E-state index >= 15 is 0 Å². The molecule has 128 valence electrons. The quantitative estimate of drug-likeness (QED) is 0.874. The Morgan fingerprint density at radius 1 is 1.00 bits per heavy atom. The van der Waals surface area contributed by atoms with Gasteiger partial charge in [-0.05, 0) is 35.7 Å². The largest absolute Gasteiger partial charge is 0.351 e. The summed E-state index contributed by atoms with van der Waals surface area (Å²) in [7, 11) is -3.25. The van der Waals surface area contributed by atoms with Gasteiger partial charge in [0, 0.05) is 24.3 Å². The number of hydrogen-bond donors (Lipinski definition) is 1. The van der Waals surface area contributed by atoms with E-state index < -0.39 is 9.84 Å². The minimum absolute atomic E-state index is 0.198. The highest BCUT2D eigenvalue weighted by Gasteiger charge is 2.17. The van der Waals surface area contributed by atoms with Crippen molar-refractivity contribution < 1.29 is 13.2 Å². The van der Waals surface area contributed by atoms with Gasteiger partial charge in [0.15, 0.2) is 9.84 Å². The second-order valence-corrected chi connectivity index (χ2v) is 8.28. The van der Waals surface area contributed by atoms with Crippen LogP contribution in [0.1, 0.15) is 35.7 Å². The summed E-state index contributed by atoms with van der Waals surface area (Å²) in [5, 5.41) is 2.95. The van der Waals surface area contributed by atoms with Crippen LogP contribution >= 0.6 is 0 Å². The summed E-state index contributed by atoms with van der Waals surface area (Å²) in [5.41, 5.74) is 1.65. The normalized spacial score (nSPS) is 12.8. The molecule has 1 unspecified atom stereocenters. The van der Waals surface area contributed by atoms with Gasteiger partial charge in [0.25, 0.3) is 5.91 Å². The third kappa shape index (κ3) is 4.68. The lowest BCUT2D eigenvalue weighted by molar-refractivity contribution is 0.0949. The summed E-state index contributed by atoms with van der Waals surface area (Å²) in [5.74, 6) is 0.419. The average Bonchev–Trinajstić information content (AvgIpc) is 2.55. The molecule has 4 nitrogen and oxygen atoms in total. The number of carbonyl (C=O) groups is 1. The van der Waals surface area contributed by atoms with Crippen molar-refractivity contribution in [2.75, 3.05) is 12.8 Å². The smallest absolute Gasteiger partial charge is 0.251 e. The summed E-state index contributed by atoms with van der Waals surface area (Å²) in [6, 6.07) is 16.1. The Bertz CT molecular complexity index is 781. The summed E-state index contributed by atoms with van der Waals surface area (Å²) in [4.78, 5) is 12.5. The van der Waals surface area contributed by atoms with Crippen molar-refractivity contribution >= 4 is 15.7 Å². The molecular formula is C19H23NO3S. The molecule has 1 atom stereocenters. The van der Waals surface area contributed by atoms with Crippen LogP contribution in [0, 0.1) is 5.92 Å². The standard InChI is InChI=1S/C19H23NO3S/c1-14(2)18(15-7-5-4-6-8-15)13-20-19(21)16-9-11-17(12-10-16)24(3,22)23/h4-12,14,18H,13H2,1-3H3,(H,20,21). The van der Waals surface area contributed by atoms with E-state index in [0.29, 0.717) is 18.0 Å². The zero-order chi connectivity index (χ0) is 17.7. The molecule has 0 fully saturated rings. The van der Waals surface area contributed by atoms with E-state index in [1.54, 1.807) is 12.1 Å². The van der Waals surface area contributed by atoms with E-state index in [4.69, 9.17) is 0 Å². The number of benzene rings is 2. The minimum Gasteiger partial charge on any atom is -0.351 e.